The molecule has 3 heterocycles. The molecule has 7 rings (SSSR count). The van der Waals surface area contributed by atoms with Crippen molar-refractivity contribution in [2.75, 3.05) is 6.61 Å². The molecule has 4 aliphatic carbocycles. The Morgan fingerprint density at radius 3 is 1.10 bits per heavy atom. The number of ether oxygens (including phenoxy) is 3. The van der Waals surface area contributed by atoms with Crippen molar-refractivity contribution < 1.29 is 19.3 Å². The third-order valence-electron chi connectivity index (χ3n) is 20.3. The lowest BCUT2D eigenvalue weighted by Crippen LogP contribution is -2.45. The molecule has 12 atom stereocenters. The molecule has 12 unspecified atom stereocenters. The number of aliphatic hydroxyl groups excluding tert-OH is 1. The summed E-state index contributed by atoms with van der Waals surface area (Å²) >= 11 is 0. The third kappa shape index (κ3) is 21.1. The van der Waals surface area contributed by atoms with Crippen LogP contribution in [0, 0.1) is 40.9 Å². The number of aliphatic hydroxyl groups is 1. The zero-order chi connectivity index (χ0) is 46.2. The molecule has 0 spiro atoms. The van der Waals surface area contributed by atoms with Crippen LogP contribution in [-0.2, 0) is 14.2 Å². The highest BCUT2D eigenvalue weighted by Crippen LogP contribution is 2.48. The summed E-state index contributed by atoms with van der Waals surface area (Å²) in [4.78, 5) is 0. The Bertz CT molecular complexity index is 1200. The molecule has 0 aromatic heterocycles. The van der Waals surface area contributed by atoms with Gasteiger partial charge in [-0.3, -0.25) is 0 Å². The fourth-order valence-electron chi connectivity index (χ4n) is 15.4. The van der Waals surface area contributed by atoms with E-state index in [9.17, 15) is 5.11 Å². The number of unbranched alkanes of at least 4 members (excludes halogenated alkanes) is 24. The van der Waals surface area contributed by atoms with Crippen LogP contribution in [0.3, 0.4) is 0 Å². The van der Waals surface area contributed by atoms with Gasteiger partial charge in [0, 0.05) is 6.61 Å². The van der Waals surface area contributed by atoms with Crippen LogP contribution in [0.25, 0.3) is 0 Å². The number of hydrogen-bond acceptors (Lipinski definition) is 4. The van der Waals surface area contributed by atoms with Gasteiger partial charge in [-0.25, -0.2) is 0 Å². The Balaban J connectivity index is 0.791. The first-order valence-corrected chi connectivity index (χ1v) is 31.6. The smallest absolute Gasteiger partial charge is 0.0844 e. The van der Waals surface area contributed by atoms with E-state index in [2.05, 4.69) is 6.92 Å². The van der Waals surface area contributed by atoms with Gasteiger partial charge in [-0.2, -0.15) is 0 Å². The summed E-state index contributed by atoms with van der Waals surface area (Å²) in [5.41, 5.74) is 0.612. The van der Waals surface area contributed by atoms with Crippen LogP contribution < -0.4 is 0 Å². The molecule has 4 heteroatoms. The van der Waals surface area contributed by atoms with Crippen molar-refractivity contribution >= 4 is 0 Å². The molecule has 7 aliphatic rings. The quantitative estimate of drug-likeness (QED) is 0.0491. The molecule has 0 aromatic carbocycles. The molecule has 3 saturated heterocycles. The molecule has 390 valence electrons. The first kappa shape index (κ1) is 54.6. The summed E-state index contributed by atoms with van der Waals surface area (Å²) in [6, 6.07) is 0. The maximum absolute atomic E-state index is 10.2. The van der Waals surface area contributed by atoms with Gasteiger partial charge < -0.3 is 19.3 Å². The number of hydrogen-bond donors (Lipinski definition) is 1. The first-order valence-electron chi connectivity index (χ1n) is 31.6. The third-order valence-corrected chi connectivity index (χ3v) is 20.3. The fourth-order valence-corrected chi connectivity index (χ4v) is 15.4. The van der Waals surface area contributed by atoms with Gasteiger partial charge >= 0.3 is 0 Å². The zero-order valence-electron chi connectivity index (χ0n) is 44.7. The Hall–Kier alpha value is -0.160. The van der Waals surface area contributed by atoms with E-state index in [4.69, 9.17) is 14.2 Å². The lowest BCUT2D eigenvalue weighted by molar-refractivity contribution is -0.0700. The summed E-state index contributed by atoms with van der Waals surface area (Å²) < 4.78 is 17.6. The van der Waals surface area contributed by atoms with Gasteiger partial charge in [0.2, 0.25) is 0 Å². The highest BCUT2D eigenvalue weighted by molar-refractivity contribution is 4.94. The van der Waals surface area contributed by atoms with Gasteiger partial charge in [-0.05, 0) is 151 Å². The van der Waals surface area contributed by atoms with Crippen molar-refractivity contribution in [2.45, 2.75) is 352 Å². The van der Waals surface area contributed by atoms with Crippen molar-refractivity contribution in [3.8, 4) is 0 Å². The minimum atomic E-state index is 0.0397. The molecular formula is C63H114O4. The molecule has 0 radical (unpaired) electrons. The van der Waals surface area contributed by atoms with Crippen molar-refractivity contribution in [1.29, 1.82) is 0 Å². The monoisotopic (exact) mass is 935 g/mol. The fraction of sp³-hybridized carbons (Fsp3) is 1.00. The Labute approximate surface area is 416 Å². The summed E-state index contributed by atoms with van der Waals surface area (Å²) in [7, 11) is 0. The van der Waals surface area contributed by atoms with E-state index >= 15 is 0 Å². The molecule has 67 heavy (non-hydrogen) atoms. The predicted molar refractivity (Wildman–Crippen MR) is 284 cm³/mol. The van der Waals surface area contributed by atoms with Crippen LogP contribution in [0.2, 0.25) is 0 Å². The molecule has 4 nitrogen and oxygen atoms in total. The van der Waals surface area contributed by atoms with Gasteiger partial charge in [-0.1, -0.05) is 205 Å². The topological polar surface area (TPSA) is 54.5 Å². The van der Waals surface area contributed by atoms with E-state index < -0.39 is 0 Å². The largest absolute Gasteiger partial charge is 0.393 e. The van der Waals surface area contributed by atoms with Crippen LogP contribution in [0.1, 0.15) is 315 Å². The van der Waals surface area contributed by atoms with Crippen molar-refractivity contribution in [2.24, 2.45) is 40.9 Å². The zero-order valence-corrected chi connectivity index (χ0v) is 44.7. The standard InChI is InChI=1S/C63H114O4/c1-51-34-35-55(50-65-51)33-25-17-9-5-13-21-29-45-63(43-27-19-11-3-7-15-23-31-53-37-40-59-61(47-53)66-59,44-28-20-12-4-8-16-24-32-54-38-41-60-62(48-54)67-60)42-26-18-10-2-6-14-22-30-52-36-39-56-49-58(64)57(56)46-52/h51-62,64H,2-50H2,1H3. The summed E-state index contributed by atoms with van der Waals surface area (Å²) in [6.07, 6.45) is 72.3. The summed E-state index contributed by atoms with van der Waals surface area (Å²) in [6.45, 7) is 3.27. The predicted octanol–water partition coefficient (Wildman–Crippen LogP) is 18.8. The van der Waals surface area contributed by atoms with E-state index in [0.717, 1.165) is 42.6 Å². The molecule has 0 amide bonds. The SMILES string of the molecule is CC1CCC(CCCCCCCCCC(CCCCCCCCCC2CCC3OC3C2)(CCCCCCCCCC2CCC3OC3C2)CCCCCCCCCC2CCC3CC(O)C3C2)CO1. The molecular weight excluding hydrogens is 821 g/mol. The van der Waals surface area contributed by atoms with E-state index in [1.54, 1.807) is 0 Å². The first-order chi connectivity index (χ1) is 33.0. The molecule has 3 aliphatic heterocycles. The molecule has 1 N–H and O–H groups in total. The van der Waals surface area contributed by atoms with Crippen LogP contribution >= 0.6 is 0 Å². The Morgan fingerprint density at radius 1 is 0.358 bits per heavy atom. The van der Waals surface area contributed by atoms with E-state index in [-0.39, 0.29) is 6.10 Å². The van der Waals surface area contributed by atoms with Gasteiger partial charge in [0.1, 0.15) is 0 Å². The number of fused-ring (bicyclic) bond motifs is 3. The van der Waals surface area contributed by atoms with E-state index in [0.29, 0.717) is 41.9 Å². The highest BCUT2D eigenvalue weighted by Gasteiger charge is 2.45. The Kier molecular flexibility index (Phi) is 25.6. The van der Waals surface area contributed by atoms with Crippen molar-refractivity contribution in [3.63, 3.8) is 0 Å². The molecule has 4 saturated carbocycles. The van der Waals surface area contributed by atoms with Gasteiger partial charge in [-0.15, -0.1) is 0 Å². The second kappa shape index (κ2) is 31.4. The van der Waals surface area contributed by atoms with E-state index in [1.165, 1.54) is 302 Å². The lowest BCUT2D eigenvalue weighted by atomic mass is 9.60. The number of rotatable bonds is 40. The average Bonchev–Trinajstić information content (AvgIpc) is 4.28. The minimum absolute atomic E-state index is 0.0397. The summed E-state index contributed by atoms with van der Waals surface area (Å²) in [5.74, 6) is 5.22. The van der Waals surface area contributed by atoms with Crippen molar-refractivity contribution in [1.82, 2.24) is 0 Å². The molecule has 7 fully saturated rings. The second-order valence-electron chi connectivity index (χ2n) is 25.8. The van der Waals surface area contributed by atoms with Crippen LogP contribution in [0.15, 0.2) is 0 Å². The van der Waals surface area contributed by atoms with Crippen molar-refractivity contribution in [3.05, 3.63) is 0 Å². The lowest BCUT2D eigenvalue weighted by Gasteiger charge is -2.47. The normalized spacial score (nSPS) is 33.0. The van der Waals surface area contributed by atoms with Gasteiger partial charge in [0.25, 0.3) is 0 Å². The van der Waals surface area contributed by atoms with E-state index in [1.807, 2.05) is 0 Å². The van der Waals surface area contributed by atoms with Crippen LogP contribution in [0.5, 0.6) is 0 Å². The molecule has 0 aromatic rings. The summed E-state index contributed by atoms with van der Waals surface area (Å²) in [5, 5.41) is 10.2. The van der Waals surface area contributed by atoms with Gasteiger partial charge in [0.15, 0.2) is 0 Å². The van der Waals surface area contributed by atoms with Crippen LogP contribution in [-0.4, -0.2) is 48.3 Å². The Morgan fingerprint density at radius 2 is 0.716 bits per heavy atom. The average molecular weight is 936 g/mol. The minimum Gasteiger partial charge on any atom is -0.393 e. The number of epoxide rings is 2. The second-order valence-corrected chi connectivity index (χ2v) is 25.8. The van der Waals surface area contributed by atoms with Crippen LogP contribution in [0.4, 0.5) is 0 Å². The maximum atomic E-state index is 10.2. The highest BCUT2D eigenvalue weighted by atomic mass is 16.6. The van der Waals surface area contributed by atoms with Gasteiger partial charge in [0.05, 0.1) is 36.6 Å². The molecule has 0 bridgehead atoms. The maximum Gasteiger partial charge on any atom is 0.0844 e.